The summed E-state index contributed by atoms with van der Waals surface area (Å²) in [4.78, 5) is 26.5. The first kappa shape index (κ1) is 21.1. The second kappa shape index (κ2) is 8.99. The summed E-state index contributed by atoms with van der Waals surface area (Å²) in [7, 11) is 0. The van der Waals surface area contributed by atoms with Crippen LogP contribution in [-0.2, 0) is 16.1 Å². The van der Waals surface area contributed by atoms with Crippen molar-refractivity contribution in [2.75, 3.05) is 29.1 Å². The molecule has 1 atom stereocenters. The van der Waals surface area contributed by atoms with Gasteiger partial charge in [0.1, 0.15) is 13.2 Å². The van der Waals surface area contributed by atoms with Crippen molar-refractivity contribution >= 4 is 35.0 Å². The predicted octanol–water partition coefficient (Wildman–Crippen LogP) is 3.05. The molecule has 0 bridgehead atoms. The molecule has 1 N–H and O–H groups in total. The van der Waals surface area contributed by atoms with E-state index in [0.717, 1.165) is 0 Å². The Labute approximate surface area is 194 Å². The van der Waals surface area contributed by atoms with Crippen LogP contribution in [-0.4, -0.2) is 45.5 Å². The van der Waals surface area contributed by atoms with Crippen LogP contribution in [0.25, 0.3) is 0 Å². The fourth-order valence-corrected chi connectivity index (χ4v) is 4.58. The first-order chi connectivity index (χ1) is 16.1. The van der Waals surface area contributed by atoms with E-state index in [1.165, 1.54) is 16.7 Å². The number of ether oxygens (including phenoxy) is 2. The number of carbonyl (C=O) groups excluding carboxylic acids is 2. The van der Waals surface area contributed by atoms with Crippen molar-refractivity contribution in [1.82, 2.24) is 14.8 Å². The molecule has 9 nitrogen and oxygen atoms in total. The van der Waals surface area contributed by atoms with Crippen molar-refractivity contribution < 1.29 is 19.1 Å². The third-order valence-corrected chi connectivity index (χ3v) is 6.20. The zero-order chi connectivity index (χ0) is 22.8. The van der Waals surface area contributed by atoms with Crippen LogP contribution >= 0.6 is 11.8 Å². The second-order valence-corrected chi connectivity index (χ2v) is 8.38. The van der Waals surface area contributed by atoms with Crippen LogP contribution in [0.5, 0.6) is 11.5 Å². The standard InChI is InChI=1S/C23H21N5O4S/c1-2-11-27-22(19-13-31-17-9-5-6-10-18(17)32-19)25-26-23(27)33-14-21(30)28-12-20(29)24-15-7-3-4-8-16(15)28/h2-10,19H,1,11-14H2,(H,24,29). The van der Waals surface area contributed by atoms with Crippen LogP contribution in [0, 0.1) is 0 Å². The minimum Gasteiger partial charge on any atom is -0.485 e. The highest BCUT2D eigenvalue weighted by Crippen LogP contribution is 2.36. The second-order valence-electron chi connectivity index (χ2n) is 7.44. The molecule has 0 fully saturated rings. The number of thioether (sulfide) groups is 1. The molecule has 168 valence electrons. The predicted molar refractivity (Wildman–Crippen MR) is 124 cm³/mol. The van der Waals surface area contributed by atoms with Gasteiger partial charge in [0.25, 0.3) is 0 Å². The number of carbonyl (C=O) groups is 2. The van der Waals surface area contributed by atoms with Crippen LogP contribution < -0.4 is 19.7 Å². The first-order valence-corrected chi connectivity index (χ1v) is 11.4. The molecule has 5 rings (SSSR count). The third kappa shape index (κ3) is 4.17. The molecule has 1 aromatic heterocycles. The molecule has 10 heteroatoms. The van der Waals surface area contributed by atoms with Crippen molar-refractivity contribution in [2.24, 2.45) is 0 Å². The number of nitrogens with one attached hydrogen (secondary N) is 1. The van der Waals surface area contributed by atoms with E-state index in [2.05, 4.69) is 22.1 Å². The summed E-state index contributed by atoms with van der Waals surface area (Å²) in [6, 6.07) is 14.7. The van der Waals surface area contributed by atoms with E-state index in [-0.39, 0.29) is 24.1 Å². The number of nitrogens with zero attached hydrogens (tertiary/aromatic N) is 4. The number of anilines is 2. The molecule has 0 saturated heterocycles. The Bertz CT molecular complexity index is 1230. The van der Waals surface area contributed by atoms with Gasteiger partial charge in [-0.05, 0) is 24.3 Å². The number of hydrogen-bond donors (Lipinski definition) is 1. The molecule has 2 amide bonds. The van der Waals surface area contributed by atoms with E-state index in [1.54, 1.807) is 12.1 Å². The van der Waals surface area contributed by atoms with Crippen molar-refractivity contribution in [3.63, 3.8) is 0 Å². The molecule has 2 aliphatic heterocycles. The van der Waals surface area contributed by atoms with Gasteiger partial charge < -0.3 is 19.7 Å². The van der Waals surface area contributed by atoms with Crippen molar-refractivity contribution in [3.8, 4) is 11.5 Å². The normalized spacial score (nSPS) is 16.7. The fourth-order valence-electron chi connectivity index (χ4n) is 3.75. The molecule has 0 saturated carbocycles. The lowest BCUT2D eigenvalue weighted by molar-refractivity contribution is -0.120. The molecule has 0 spiro atoms. The smallest absolute Gasteiger partial charge is 0.244 e. The van der Waals surface area contributed by atoms with Crippen LogP contribution in [0.15, 0.2) is 66.3 Å². The average molecular weight is 464 g/mol. The highest BCUT2D eigenvalue weighted by molar-refractivity contribution is 7.99. The lowest BCUT2D eigenvalue weighted by Gasteiger charge is -2.29. The number of fused-ring (bicyclic) bond motifs is 2. The number of hydrogen-bond acceptors (Lipinski definition) is 7. The molecule has 2 aromatic carbocycles. The van der Waals surface area contributed by atoms with E-state index in [9.17, 15) is 9.59 Å². The summed E-state index contributed by atoms with van der Waals surface area (Å²) in [6.45, 7) is 4.56. The maximum absolute atomic E-state index is 13.0. The number of rotatable bonds is 6. The van der Waals surface area contributed by atoms with Crippen molar-refractivity contribution in [3.05, 3.63) is 67.0 Å². The Morgan fingerprint density at radius 2 is 1.97 bits per heavy atom. The van der Waals surface area contributed by atoms with Gasteiger partial charge in [-0.15, -0.1) is 16.8 Å². The van der Waals surface area contributed by atoms with Gasteiger partial charge in [-0.25, -0.2) is 0 Å². The SMILES string of the molecule is C=CCn1c(SCC(=O)N2CC(=O)Nc3ccccc32)nnc1C1COc2ccccc2O1. The Morgan fingerprint density at radius 3 is 2.82 bits per heavy atom. The van der Waals surface area contributed by atoms with E-state index < -0.39 is 6.10 Å². The van der Waals surface area contributed by atoms with Gasteiger partial charge in [-0.1, -0.05) is 42.1 Å². The number of allylic oxidation sites excluding steroid dienone is 1. The number of benzene rings is 2. The van der Waals surface area contributed by atoms with Gasteiger partial charge in [0.05, 0.1) is 17.1 Å². The summed E-state index contributed by atoms with van der Waals surface area (Å²) in [6.07, 6.45) is 1.30. The minimum atomic E-state index is -0.435. The lowest BCUT2D eigenvalue weighted by Crippen LogP contribution is -2.43. The maximum atomic E-state index is 13.0. The highest BCUT2D eigenvalue weighted by Gasteiger charge is 2.30. The Morgan fingerprint density at radius 1 is 1.18 bits per heavy atom. The van der Waals surface area contributed by atoms with Gasteiger partial charge in [0.15, 0.2) is 28.6 Å². The molecule has 33 heavy (non-hydrogen) atoms. The Kier molecular flexibility index (Phi) is 5.74. The molecule has 0 aliphatic carbocycles. The first-order valence-electron chi connectivity index (χ1n) is 10.4. The highest BCUT2D eigenvalue weighted by atomic mass is 32.2. The monoisotopic (exact) mass is 463 g/mol. The fraction of sp³-hybridized carbons (Fsp3) is 0.217. The zero-order valence-electron chi connectivity index (χ0n) is 17.6. The summed E-state index contributed by atoms with van der Waals surface area (Å²) < 4.78 is 13.8. The Hall–Kier alpha value is -3.79. The van der Waals surface area contributed by atoms with Crippen LogP contribution in [0.4, 0.5) is 11.4 Å². The average Bonchev–Trinajstić information content (AvgIpc) is 3.24. The summed E-state index contributed by atoms with van der Waals surface area (Å²) >= 11 is 1.26. The topological polar surface area (TPSA) is 98.6 Å². The van der Waals surface area contributed by atoms with Crippen LogP contribution in [0.1, 0.15) is 11.9 Å². The molecule has 1 unspecified atom stereocenters. The van der Waals surface area contributed by atoms with Crippen LogP contribution in [0.2, 0.25) is 0 Å². The zero-order valence-corrected chi connectivity index (χ0v) is 18.5. The summed E-state index contributed by atoms with van der Waals surface area (Å²) in [5.41, 5.74) is 1.31. The number of amides is 2. The maximum Gasteiger partial charge on any atom is 0.244 e. The minimum absolute atomic E-state index is 0.0202. The van der Waals surface area contributed by atoms with Gasteiger partial charge >= 0.3 is 0 Å². The van der Waals surface area contributed by atoms with E-state index in [4.69, 9.17) is 9.47 Å². The molecular weight excluding hydrogens is 442 g/mol. The molecule has 3 heterocycles. The Balaban J connectivity index is 1.33. The van der Waals surface area contributed by atoms with Crippen molar-refractivity contribution in [2.45, 2.75) is 17.8 Å². The molecule has 2 aliphatic rings. The summed E-state index contributed by atoms with van der Waals surface area (Å²) in [5.74, 6) is 1.62. The van der Waals surface area contributed by atoms with Gasteiger partial charge in [0, 0.05) is 6.54 Å². The number of aromatic nitrogens is 3. The van der Waals surface area contributed by atoms with Gasteiger partial charge in [-0.2, -0.15) is 0 Å². The van der Waals surface area contributed by atoms with E-state index in [0.29, 0.717) is 47.0 Å². The molecular formula is C23H21N5O4S. The van der Waals surface area contributed by atoms with E-state index >= 15 is 0 Å². The quantitative estimate of drug-likeness (QED) is 0.443. The molecule has 3 aromatic rings. The van der Waals surface area contributed by atoms with Crippen LogP contribution in [0.3, 0.4) is 0 Å². The molecule has 0 radical (unpaired) electrons. The number of para-hydroxylation sites is 4. The van der Waals surface area contributed by atoms with Crippen molar-refractivity contribution in [1.29, 1.82) is 0 Å². The van der Waals surface area contributed by atoms with E-state index in [1.807, 2.05) is 47.0 Å². The van der Waals surface area contributed by atoms with Gasteiger partial charge in [0.2, 0.25) is 11.8 Å². The third-order valence-electron chi connectivity index (χ3n) is 5.25. The lowest BCUT2D eigenvalue weighted by atomic mass is 10.2. The summed E-state index contributed by atoms with van der Waals surface area (Å²) in [5, 5.41) is 12.0. The largest absolute Gasteiger partial charge is 0.485 e. The van der Waals surface area contributed by atoms with Gasteiger partial charge in [-0.3, -0.25) is 14.2 Å².